The molecule has 4 aromatic heterocycles. The second-order valence-corrected chi connectivity index (χ2v) is 5.54. The molecule has 1 aromatic carbocycles. The van der Waals surface area contributed by atoms with E-state index in [0.717, 1.165) is 10.9 Å². The van der Waals surface area contributed by atoms with Crippen molar-refractivity contribution in [3.8, 4) is 22.6 Å². The van der Waals surface area contributed by atoms with Crippen LogP contribution in [0.1, 0.15) is 0 Å². The van der Waals surface area contributed by atoms with E-state index in [1.54, 1.807) is 24.7 Å². The van der Waals surface area contributed by atoms with Gasteiger partial charge in [0, 0.05) is 41.2 Å². The van der Waals surface area contributed by atoms with Crippen LogP contribution < -0.4 is 0 Å². The van der Waals surface area contributed by atoms with Crippen LogP contribution in [0.5, 0.6) is 0 Å². The molecule has 0 saturated heterocycles. The molecule has 0 atom stereocenters. The number of aromatic amines is 2. The lowest BCUT2D eigenvalue weighted by Crippen LogP contribution is -1.88. The molecule has 0 fully saturated rings. The normalized spacial score (nSPS) is 11.4. The number of benzene rings is 1. The third kappa shape index (κ3) is 2.15. The number of hydrogen-bond donors (Lipinski definition) is 2. The van der Waals surface area contributed by atoms with E-state index in [-0.39, 0.29) is 5.82 Å². The second-order valence-electron chi connectivity index (χ2n) is 5.54. The predicted molar refractivity (Wildman–Crippen MR) is 90.0 cm³/mol. The molecule has 0 spiro atoms. The van der Waals surface area contributed by atoms with Crippen LogP contribution in [-0.2, 0) is 0 Å². The standard InChI is InChI=1S/C17H10FN7/c18-12-5-14-11(4-10(12)9-6-19-8-20-7-9)15(25-24-14)17-22-13-2-1-3-21-16(13)23-17/h1-8H,(H,24,25)(H,21,22,23). The summed E-state index contributed by atoms with van der Waals surface area (Å²) in [5, 5.41) is 7.89. The molecule has 0 aliphatic heterocycles. The molecule has 5 rings (SSSR count). The number of fused-ring (bicyclic) bond motifs is 2. The number of imidazole rings is 1. The maximum Gasteiger partial charge on any atom is 0.178 e. The molecule has 0 aliphatic carbocycles. The quantitative estimate of drug-likeness (QED) is 0.518. The van der Waals surface area contributed by atoms with E-state index in [1.165, 1.54) is 12.4 Å². The summed E-state index contributed by atoms with van der Waals surface area (Å²) >= 11 is 0. The number of aromatic nitrogens is 7. The van der Waals surface area contributed by atoms with Crippen LogP contribution in [0.25, 0.3) is 44.7 Å². The summed E-state index contributed by atoms with van der Waals surface area (Å²) in [6.45, 7) is 0. The summed E-state index contributed by atoms with van der Waals surface area (Å²) in [6.07, 6.45) is 6.23. The fourth-order valence-corrected chi connectivity index (χ4v) is 2.84. The van der Waals surface area contributed by atoms with Crippen molar-refractivity contribution in [1.29, 1.82) is 0 Å². The van der Waals surface area contributed by atoms with Crippen molar-refractivity contribution in [3.63, 3.8) is 0 Å². The van der Waals surface area contributed by atoms with Gasteiger partial charge in [-0.15, -0.1) is 0 Å². The first-order chi connectivity index (χ1) is 12.3. The zero-order valence-corrected chi connectivity index (χ0v) is 12.7. The van der Waals surface area contributed by atoms with Gasteiger partial charge in [0.15, 0.2) is 11.5 Å². The van der Waals surface area contributed by atoms with Crippen LogP contribution in [0, 0.1) is 5.82 Å². The van der Waals surface area contributed by atoms with Crippen molar-refractivity contribution >= 4 is 22.1 Å². The maximum absolute atomic E-state index is 14.4. The SMILES string of the molecule is Fc1cc2[nH]nc(-c3nc4ncccc4[nH]3)c2cc1-c1cncnc1. The van der Waals surface area contributed by atoms with Crippen LogP contribution in [0.2, 0.25) is 0 Å². The van der Waals surface area contributed by atoms with Gasteiger partial charge in [-0.05, 0) is 18.2 Å². The molecule has 0 aliphatic rings. The Labute approximate surface area is 140 Å². The molecule has 0 amide bonds. The van der Waals surface area contributed by atoms with Gasteiger partial charge >= 0.3 is 0 Å². The first-order valence-electron chi connectivity index (χ1n) is 7.54. The molecule has 120 valence electrons. The Morgan fingerprint density at radius 3 is 2.76 bits per heavy atom. The number of rotatable bonds is 2. The van der Waals surface area contributed by atoms with Crippen LogP contribution in [0.15, 0.2) is 49.2 Å². The molecular formula is C17H10FN7. The molecule has 7 nitrogen and oxygen atoms in total. The van der Waals surface area contributed by atoms with E-state index in [2.05, 4.69) is 35.1 Å². The Hall–Kier alpha value is -3.68. The van der Waals surface area contributed by atoms with Crippen LogP contribution in [0.3, 0.4) is 0 Å². The molecule has 0 radical (unpaired) electrons. The molecule has 8 heteroatoms. The van der Waals surface area contributed by atoms with Gasteiger partial charge in [-0.1, -0.05) is 0 Å². The van der Waals surface area contributed by atoms with Crippen LogP contribution in [0.4, 0.5) is 4.39 Å². The van der Waals surface area contributed by atoms with E-state index in [0.29, 0.717) is 33.8 Å². The lowest BCUT2D eigenvalue weighted by atomic mass is 10.0. The van der Waals surface area contributed by atoms with Gasteiger partial charge in [-0.2, -0.15) is 5.10 Å². The first-order valence-corrected chi connectivity index (χ1v) is 7.54. The molecular weight excluding hydrogens is 321 g/mol. The van der Waals surface area contributed by atoms with Crippen LogP contribution in [-0.4, -0.2) is 35.1 Å². The number of H-pyrrole nitrogens is 2. The Bertz CT molecular complexity index is 1180. The first kappa shape index (κ1) is 13.7. The van der Waals surface area contributed by atoms with Gasteiger partial charge in [0.1, 0.15) is 17.8 Å². The van der Waals surface area contributed by atoms with Crippen molar-refractivity contribution < 1.29 is 4.39 Å². The number of nitrogens with zero attached hydrogens (tertiary/aromatic N) is 5. The molecule has 5 aromatic rings. The van der Waals surface area contributed by atoms with E-state index >= 15 is 0 Å². The maximum atomic E-state index is 14.4. The number of halogens is 1. The van der Waals surface area contributed by atoms with Crippen molar-refractivity contribution in [2.45, 2.75) is 0 Å². The highest BCUT2D eigenvalue weighted by atomic mass is 19.1. The van der Waals surface area contributed by atoms with E-state index in [4.69, 9.17) is 0 Å². The highest BCUT2D eigenvalue weighted by Gasteiger charge is 2.16. The number of hydrogen-bond acceptors (Lipinski definition) is 5. The largest absolute Gasteiger partial charge is 0.335 e. The van der Waals surface area contributed by atoms with Gasteiger partial charge < -0.3 is 4.98 Å². The average Bonchev–Trinajstić information content (AvgIpc) is 3.24. The Balaban J connectivity index is 1.74. The highest BCUT2D eigenvalue weighted by Crippen LogP contribution is 2.31. The summed E-state index contributed by atoms with van der Waals surface area (Å²) in [5.41, 5.74) is 3.61. The third-order valence-corrected chi connectivity index (χ3v) is 4.00. The summed E-state index contributed by atoms with van der Waals surface area (Å²) in [5.74, 6) is 0.200. The Morgan fingerprint density at radius 2 is 1.92 bits per heavy atom. The number of nitrogens with one attached hydrogen (secondary N) is 2. The van der Waals surface area contributed by atoms with Crippen molar-refractivity contribution in [1.82, 2.24) is 35.1 Å². The second kappa shape index (κ2) is 5.17. The average molecular weight is 331 g/mol. The van der Waals surface area contributed by atoms with Gasteiger partial charge in [-0.25, -0.2) is 24.3 Å². The zero-order valence-electron chi connectivity index (χ0n) is 12.7. The molecule has 4 heterocycles. The predicted octanol–water partition coefficient (Wildman–Crippen LogP) is 3.10. The van der Waals surface area contributed by atoms with Crippen LogP contribution >= 0.6 is 0 Å². The molecule has 0 saturated carbocycles. The monoisotopic (exact) mass is 331 g/mol. The van der Waals surface area contributed by atoms with Gasteiger partial charge in [0.05, 0.1) is 11.0 Å². The highest BCUT2D eigenvalue weighted by molar-refractivity contribution is 5.95. The smallest absolute Gasteiger partial charge is 0.178 e. The molecule has 2 N–H and O–H groups in total. The fourth-order valence-electron chi connectivity index (χ4n) is 2.84. The van der Waals surface area contributed by atoms with E-state index in [9.17, 15) is 4.39 Å². The number of pyridine rings is 1. The van der Waals surface area contributed by atoms with Gasteiger partial charge in [0.25, 0.3) is 0 Å². The Kier molecular flexibility index (Phi) is 2.84. The molecule has 25 heavy (non-hydrogen) atoms. The lowest BCUT2D eigenvalue weighted by Gasteiger charge is -2.03. The summed E-state index contributed by atoms with van der Waals surface area (Å²) in [6, 6.07) is 6.85. The summed E-state index contributed by atoms with van der Waals surface area (Å²) in [4.78, 5) is 19.8. The summed E-state index contributed by atoms with van der Waals surface area (Å²) < 4.78 is 14.4. The van der Waals surface area contributed by atoms with Crippen molar-refractivity contribution in [2.24, 2.45) is 0 Å². The minimum Gasteiger partial charge on any atom is -0.335 e. The Morgan fingerprint density at radius 1 is 1.04 bits per heavy atom. The van der Waals surface area contributed by atoms with Crippen molar-refractivity contribution in [3.05, 3.63) is 55.0 Å². The molecule has 0 unspecified atom stereocenters. The van der Waals surface area contributed by atoms with E-state index < -0.39 is 0 Å². The zero-order chi connectivity index (χ0) is 16.8. The minimum atomic E-state index is -0.372. The fraction of sp³-hybridized carbons (Fsp3) is 0. The van der Waals surface area contributed by atoms with E-state index in [1.807, 2.05) is 12.1 Å². The summed E-state index contributed by atoms with van der Waals surface area (Å²) in [7, 11) is 0. The topological polar surface area (TPSA) is 96.0 Å². The van der Waals surface area contributed by atoms with Gasteiger partial charge in [-0.3, -0.25) is 5.10 Å². The third-order valence-electron chi connectivity index (χ3n) is 4.00. The lowest BCUT2D eigenvalue weighted by molar-refractivity contribution is 0.632. The van der Waals surface area contributed by atoms with Gasteiger partial charge in [0.2, 0.25) is 0 Å². The minimum absolute atomic E-state index is 0.372. The van der Waals surface area contributed by atoms with Crippen molar-refractivity contribution in [2.75, 3.05) is 0 Å². The molecule has 0 bridgehead atoms.